The first-order chi connectivity index (χ1) is 11.2. The Balaban J connectivity index is 1.61. The molecule has 23 heavy (non-hydrogen) atoms. The number of nitrogens with zero attached hydrogens (tertiary/aromatic N) is 4. The first-order valence-corrected chi connectivity index (χ1v) is 7.99. The molecule has 0 unspecified atom stereocenters. The summed E-state index contributed by atoms with van der Waals surface area (Å²) < 4.78 is 7.11. The monoisotopic (exact) mass is 315 g/mol. The summed E-state index contributed by atoms with van der Waals surface area (Å²) in [6.45, 7) is 2.89. The van der Waals surface area contributed by atoms with E-state index in [1.807, 2.05) is 25.1 Å². The van der Waals surface area contributed by atoms with E-state index < -0.39 is 0 Å². The molecule has 7 heteroatoms. The summed E-state index contributed by atoms with van der Waals surface area (Å²) >= 11 is 0. The highest BCUT2D eigenvalue weighted by molar-refractivity contribution is 5.97. The van der Waals surface area contributed by atoms with Gasteiger partial charge in [0, 0.05) is 12.6 Å². The number of carbonyl (C=O) groups excluding carboxylic acids is 1. The Kier molecular flexibility index (Phi) is 4.97. The zero-order valence-electron chi connectivity index (χ0n) is 13.2. The third kappa shape index (κ3) is 3.92. The van der Waals surface area contributed by atoms with E-state index in [0.29, 0.717) is 17.4 Å². The molecule has 0 bridgehead atoms. The molecule has 0 aliphatic carbocycles. The SMILES string of the molecule is C[C@@H](CC[C@@H]1CCCO1)NC(=O)c1ccccc1-n1cnnn1. The Hall–Kier alpha value is -2.28. The highest BCUT2D eigenvalue weighted by atomic mass is 16.5. The number of benzene rings is 1. The molecule has 122 valence electrons. The highest BCUT2D eigenvalue weighted by Gasteiger charge is 2.19. The molecule has 1 saturated heterocycles. The summed E-state index contributed by atoms with van der Waals surface area (Å²) in [4.78, 5) is 12.5. The molecule has 1 aliphatic heterocycles. The Morgan fingerprint density at radius 1 is 1.48 bits per heavy atom. The molecule has 1 aromatic carbocycles. The number of hydrogen-bond acceptors (Lipinski definition) is 5. The van der Waals surface area contributed by atoms with E-state index in [0.717, 1.165) is 32.3 Å². The fourth-order valence-electron chi connectivity index (χ4n) is 2.82. The normalized spacial score (nSPS) is 18.7. The van der Waals surface area contributed by atoms with Gasteiger partial charge in [-0.2, -0.15) is 4.68 Å². The minimum atomic E-state index is -0.115. The molecule has 2 atom stereocenters. The smallest absolute Gasteiger partial charge is 0.253 e. The van der Waals surface area contributed by atoms with Crippen LogP contribution in [0.25, 0.3) is 5.69 Å². The van der Waals surface area contributed by atoms with E-state index in [-0.39, 0.29) is 11.9 Å². The number of nitrogens with one attached hydrogen (secondary N) is 1. The van der Waals surface area contributed by atoms with Crippen LogP contribution in [-0.4, -0.2) is 44.9 Å². The Labute approximate surface area is 135 Å². The molecule has 1 N–H and O–H groups in total. The van der Waals surface area contributed by atoms with Gasteiger partial charge in [0.25, 0.3) is 5.91 Å². The Morgan fingerprint density at radius 3 is 3.09 bits per heavy atom. The van der Waals surface area contributed by atoms with Crippen molar-refractivity contribution < 1.29 is 9.53 Å². The summed E-state index contributed by atoms with van der Waals surface area (Å²) in [5.74, 6) is -0.115. The summed E-state index contributed by atoms with van der Waals surface area (Å²) in [5, 5.41) is 14.1. The lowest BCUT2D eigenvalue weighted by Crippen LogP contribution is -2.33. The van der Waals surface area contributed by atoms with E-state index in [1.165, 1.54) is 11.0 Å². The maximum absolute atomic E-state index is 12.5. The number of carbonyl (C=O) groups is 1. The van der Waals surface area contributed by atoms with E-state index >= 15 is 0 Å². The zero-order chi connectivity index (χ0) is 16.1. The van der Waals surface area contributed by atoms with Crippen LogP contribution in [-0.2, 0) is 4.74 Å². The average molecular weight is 315 g/mol. The van der Waals surface area contributed by atoms with Crippen LogP contribution in [0.3, 0.4) is 0 Å². The molecule has 1 fully saturated rings. The van der Waals surface area contributed by atoms with Crippen molar-refractivity contribution in [1.82, 2.24) is 25.5 Å². The van der Waals surface area contributed by atoms with Crippen LogP contribution < -0.4 is 5.32 Å². The van der Waals surface area contributed by atoms with Crippen LogP contribution >= 0.6 is 0 Å². The molecule has 0 radical (unpaired) electrons. The second-order valence-corrected chi connectivity index (χ2v) is 5.86. The minimum Gasteiger partial charge on any atom is -0.378 e. The minimum absolute atomic E-state index is 0.0913. The van der Waals surface area contributed by atoms with Crippen LogP contribution in [0.1, 0.15) is 43.0 Å². The third-order valence-corrected chi connectivity index (χ3v) is 4.07. The molecule has 3 rings (SSSR count). The van der Waals surface area contributed by atoms with Crippen molar-refractivity contribution >= 4 is 5.91 Å². The quantitative estimate of drug-likeness (QED) is 0.878. The van der Waals surface area contributed by atoms with E-state index in [1.54, 1.807) is 6.07 Å². The van der Waals surface area contributed by atoms with E-state index in [2.05, 4.69) is 20.8 Å². The molecule has 0 saturated carbocycles. The molecule has 0 spiro atoms. The van der Waals surface area contributed by atoms with Gasteiger partial charge in [0.05, 0.1) is 17.4 Å². The number of amides is 1. The summed E-state index contributed by atoms with van der Waals surface area (Å²) in [6.07, 6.45) is 5.99. The maximum atomic E-state index is 12.5. The molecular formula is C16H21N5O2. The van der Waals surface area contributed by atoms with Crippen molar-refractivity contribution in [2.24, 2.45) is 0 Å². The van der Waals surface area contributed by atoms with Gasteiger partial charge in [-0.1, -0.05) is 12.1 Å². The van der Waals surface area contributed by atoms with Gasteiger partial charge in [-0.05, 0) is 55.2 Å². The van der Waals surface area contributed by atoms with E-state index in [9.17, 15) is 4.79 Å². The first-order valence-electron chi connectivity index (χ1n) is 7.99. The number of aromatic nitrogens is 4. The van der Waals surface area contributed by atoms with Crippen LogP contribution in [0.2, 0.25) is 0 Å². The van der Waals surface area contributed by atoms with Crippen molar-refractivity contribution in [2.45, 2.75) is 44.8 Å². The second-order valence-electron chi connectivity index (χ2n) is 5.86. The van der Waals surface area contributed by atoms with Gasteiger partial charge in [-0.25, -0.2) is 0 Å². The lowest BCUT2D eigenvalue weighted by molar-refractivity contribution is 0.0899. The topological polar surface area (TPSA) is 81.9 Å². The Bertz CT molecular complexity index is 638. The lowest BCUT2D eigenvalue weighted by Gasteiger charge is -2.17. The number of rotatable bonds is 6. The van der Waals surface area contributed by atoms with Crippen LogP contribution in [0.4, 0.5) is 0 Å². The first kappa shape index (κ1) is 15.6. The van der Waals surface area contributed by atoms with Crippen molar-refractivity contribution in [1.29, 1.82) is 0 Å². The van der Waals surface area contributed by atoms with E-state index in [4.69, 9.17) is 4.74 Å². The van der Waals surface area contributed by atoms with Crippen LogP contribution in [0.15, 0.2) is 30.6 Å². The molecule has 1 aromatic heterocycles. The van der Waals surface area contributed by atoms with Gasteiger partial charge >= 0.3 is 0 Å². The third-order valence-electron chi connectivity index (χ3n) is 4.07. The fourth-order valence-corrected chi connectivity index (χ4v) is 2.82. The number of ether oxygens (including phenoxy) is 1. The molecular weight excluding hydrogens is 294 g/mol. The van der Waals surface area contributed by atoms with Crippen molar-refractivity contribution in [3.05, 3.63) is 36.2 Å². The lowest BCUT2D eigenvalue weighted by atomic mass is 10.1. The van der Waals surface area contributed by atoms with Gasteiger partial charge in [0.2, 0.25) is 0 Å². The Morgan fingerprint density at radius 2 is 2.35 bits per heavy atom. The fraction of sp³-hybridized carbons (Fsp3) is 0.500. The van der Waals surface area contributed by atoms with Crippen LogP contribution in [0.5, 0.6) is 0 Å². The van der Waals surface area contributed by atoms with Crippen molar-refractivity contribution in [2.75, 3.05) is 6.61 Å². The zero-order valence-corrected chi connectivity index (χ0v) is 13.2. The summed E-state index contributed by atoms with van der Waals surface area (Å²) in [7, 11) is 0. The predicted octanol–water partition coefficient (Wildman–Crippen LogP) is 1.74. The number of tetrazole rings is 1. The maximum Gasteiger partial charge on any atom is 0.253 e. The predicted molar refractivity (Wildman–Crippen MR) is 84.3 cm³/mol. The summed E-state index contributed by atoms with van der Waals surface area (Å²) in [5.41, 5.74) is 1.23. The largest absolute Gasteiger partial charge is 0.378 e. The van der Waals surface area contributed by atoms with Crippen LogP contribution in [0, 0.1) is 0 Å². The molecule has 1 aliphatic rings. The molecule has 1 amide bonds. The van der Waals surface area contributed by atoms with Crippen molar-refractivity contribution in [3.63, 3.8) is 0 Å². The summed E-state index contributed by atoms with van der Waals surface area (Å²) in [6, 6.07) is 7.38. The van der Waals surface area contributed by atoms with Gasteiger partial charge in [0.1, 0.15) is 6.33 Å². The van der Waals surface area contributed by atoms with Gasteiger partial charge in [0.15, 0.2) is 0 Å². The van der Waals surface area contributed by atoms with Gasteiger partial charge in [-0.15, -0.1) is 5.10 Å². The number of hydrogen-bond donors (Lipinski definition) is 1. The molecule has 7 nitrogen and oxygen atoms in total. The highest BCUT2D eigenvalue weighted by Crippen LogP contribution is 2.18. The van der Waals surface area contributed by atoms with Gasteiger partial charge < -0.3 is 10.1 Å². The number of para-hydroxylation sites is 1. The second kappa shape index (κ2) is 7.32. The average Bonchev–Trinajstić information content (AvgIpc) is 3.26. The molecule has 2 heterocycles. The standard InChI is InChI=1S/C16H21N5O2/c1-12(8-9-13-5-4-10-23-13)18-16(22)14-6-2-3-7-15(14)21-11-17-19-20-21/h2-3,6-7,11-13H,4-5,8-10H2,1H3,(H,18,22)/t12-,13-/m0/s1. The van der Waals surface area contributed by atoms with Gasteiger partial charge in [-0.3, -0.25) is 4.79 Å². The van der Waals surface area contributed by atoms with Crippen molar-refractivity contribution in [3.8, 4) is 5.69 Å². The molecule has 2 aromatic rings.